The van der Waals surface area contributed by atoms with Gasteiger partial charge in [-0.05, 0) is 34.2 Å². The van der Waals surface area contributed by atoms with E-state index in [1.54, 1.807) is 0 Å². The first-order chi connectivity index (χ1) is 6.06. The lowest BCUT2D eigenvalue weighted by atomic mass is 10.2. The summed E-state index contributed by atoms with van der Waals surface area (Å²) in [4.78, 5) is 13.3. The average molecular weight is 319 g/mol. The monoisotopic (exact) mass is 319 g/mol. The van der Waals surface area contributed by atoms with Crippen LogP contribution in [-0.2, 0) is 5.88 Å². The number of halogens is 4. The smallest absolute Gasteiger partial charge is 0.269 e. The van der Waals surface area contributed by atoms with E-state index in [-0.39, 0.29) is 11.4 Å². The normalized spacial score (nSPS) is 10.8. The maximum absolute atomic E-state index is 12.3. The fourth-order valence-corrected chi connectivity index (χ4v) is 1.78. The van der Waals surface area contributed by atoms with Crippen LogP contribution in [0, 0.1) is 3.70 Å². The molecule has 72 valence electrons. The third-order valence-electron chi connectivity index (χ3n) is 1.49. The first kappa shape index (κ1) is 10.9. The van der Waals surface area contributed by atoms with Gasteiger partial charge in [-0.2, -0.15) is 0 Å². The van der Waals surface area contributed by atoms with Crippen LogP contribution < -0.4 is 5.56 Å². The van der Waals surface area contributed by atoms with E-state index in [9.17, 15) is 13.6 Å². The quantitative estimate of drug-likeness (QED) is 0.507. The number of nitrogens with one attached hydrogen (secondary N) is 1. The maximum atomic E-state index is 12.3. The van der Waals surface area contributed by atoms with Crippen molar-refractivity contribution >= 4 is 34.2 Å². The molecule has 1 heterocycles. The Morgan fingerprint density at radius 2 is 2.23 bits per heavy atom. The Morgan fingerprint density at radius 3 is 2.69 bits per heavy atom. The summed E-state index contributed by atoms with van der Waals surface area (Å²) in [5.74, 6) is -0.0837. The van der Waals surface area contributed by atoms with Crippen molar-refractivity contribution in [2.45, 2.75) is 12.3 Å². The molecule has 0 atom stereocenters. The number of H-pyrrole nitrogens is 1. The summed E-state index contributed by atoms with van der Waals surface area (Å²) < 4.78 is 25.2. The zero-order valence-electron chi connectivity index (χ0n) is 6.28. The lowest BCUT2D eigenvalue weighted by Gasteiger charge is -2.04. The molecule has 6 heteroatoms. The minimum Gasteiger partial charge on any atom is -0.317 e. The SMILES string of the molecule is O=c1[nH]c(I)cc(CCl)c1C(F)F. The van der Waals surface area contributed by atoms with Gasteiger partial charge < -0.3 is 4.98 Å². The van der Waals surface area contributed by atoms with Crippen molar-refractivity contribution in [3.8, 4) is 0 Å². The second kappa shape index (κ2) is 4.36. The molecule has 0 bridgehead atoms. The Kier molecular flexibility index (Phi) is 3.66. The highest BCUT2D eigenvalue weighted by molar-refractivity contribution is 14.1. The Balaban J connectivity index is 3.39. The van der Waals surface area contributed by atoms with Gasteiger partial charge in [-0.1, -0.05) is 0 Å². The van der Waals surface area contributed by atoms with Crippen molar-refractivity contribution < 1.29 is 8.78 Å². The third-order valence-corrected chi connectivity index (χ3v) is 2.36. The standard InChI is InChI=1S/C7H5ClF2INO/c8-2-3-1-4(11)12-7(13)5(3)6(9)10/h1,6H,2H2,(H,12,13). The van der Waals surface area contributed by atoms with E-state index in [4.69, 9.17) is 11.6 Å². The molecule has 0 fully saturated rings. The van der Waals surface area contributed by atoms with Crippen LogP contribution >= 0.6 is 34.2 Å². The van der Waals surface area contributed by atoms with Gasteiger partial charge in [-0.3, -0.25) is 4.79 Å². The number of hydrogen-bond acceptors (Lipinski definition) is 1. The van der Waals surface area contributed by atoms with Crippen molar-refractivity contribution in [2.75, 3.05) is 0 Å². The Bertz CT molecular complexity index is 366. The molecular weight excluding hydrogens is 314 g/mol. The zero-order chi connectivity index (χ0) is 10.0. The second-order valence-electron chi connectivity index (χ2n) is 2.32. The molecule has 0 aliphatic heterocycles. The van der Waals surface area contributed by atoms with Gasteiger partial charge in [0.2, 0.25) is 0 Å². The van der Waals surface area contributed by atoms with Crippen molar-refractivity contribution in [2.24, 2.45) is 0 Å². The van der Waals surface area contributed by atoms with E-state index in [1.165, 1.54) is 6.07 Å². The molecule has 0 radical (unpaired) electrons. The van der Waals surface area contributed by atoms with Crippen LogP contribution in [0.25, 0.3) is 0 Å². The largest absolute Gasteiger partial charge is 0.317 e. The molecule has 0 saturated carbocycles. The van der Waals surface area contributed by atoms with E-state index >= 15 is 0 Å². The van der Waals surface area contributed by atoms with Crippen LogP contribution in [0.4, 0.5) is 8.78 Å². The second-order valence-corrected chi connectivity index (χ2v) is 3.75. The predicted octanol–water partition coefficient (Wildman–Crippen LogP) is 2.66. The number of alkyl halides is 3. The van der Waals surface area contributed by atoms with Gasteiger partial charge in [-0.15, -0.1) is 11.6 Å². The molecule has 13 heavy (non-hydrogen) atoms. The lowest BCUT2D eigenvalue weighted by Crippen LogP contribution is -2.16. The van der Waals surface area contributed by atoms with Gasteiger partial charge in [0.05, 0.1) is 9.26 Å². The fraction of sp³-hybridized carbons (Fsp3) is 0.286. The first-order valence-electron chi connectivity index (χ1n) is 3.32. The summed E-state index contributed by atoms with van der Waals surface area (Å²) in [5, 5.41) is 0. The molecule has 0 unspecified atom stereocenters. The van der Waals surface area contributed by atoms with Crippen molar-refractivity contribution in [3.05, 3.63) is 31.2 Å². The van der Waals surface area contributed by atoms with Gasteiger partial charge in [0.25, 0.3) is 12.0 Å². The zero-order valence-corrected chi connectivity index (χ0v) is 9.20. The van der Waals surface area contributed by atoms with Crippen LogP contribution in [0.5, 0.6) is 0 Å². The molecule has 0 aliphatic rings. The van der Waals surface area contributed by atoms with E-state index in [0.29, 0.717) is 3.70 Å². The summed E-state index contributed by atoms with van der Waals surface area (Å²) in [6.07, 6.45) is -2.78. The molecule has 1 rings (SSSR count). The Hall–Kier alpha value is -0.170. The Morgan fingerprint density at radius 1 is 1.62 bits per heavy atom. The predicted molar refractivity (Wildman–Crippen MR) is 54.3 cm³/mol. The minimum absolute atomic E-state index is 0.0837. The number of rotatable bonds is 2. The highest BCUT2D eigenvalue weighted by atomic mass is 127. The molecule has 0 aliphatic carbocycles. The van der Waals surface area contributed by atoms with E-state index in [2.05, 4.69) is 4.98 Å². The highest BCUT2D eigenvalue weighted by Crippen LogP contribution is 2.21. The van der Waals surface area contributed by atoms with E-state index in [0.717, 1.165) is 0 Å². The van der Waals surface area contributed by atoms with Gasteiger partial charge in [0.1, 0.15) is 0 Å². The van der Waals surface area contributed by atoms with Crippen LogP contribution in [0.15, 0.2) is 10.9 Å². The average Bonchev–Trinajstić information content (AvgIpc) is 2.01. The summed E-state index contributed by atoms with van der Waals surface area (Å²) >= 11 is 7.27. The number of pyridine rings is 1. The summed E-state index contributed by atoms with van der Waals surface area (Å²) in [6.45, 7) is 0. The lowest BCUT2D eigenvalue weighted by molar-refractivity contribution is 0.148. The highest BCUT2D eigenvalue weighted by Gasteiger charge is 2.17. The van der Waals surface area contributed by atoms with Gasteiger partial charge in [0, 0.05) is 5.88 Å². The molecule has 0 amide bonds. The van der Waals surface area contributed by atoms with Crippen LogP contribution in [0.1, 0.15) is 17.6 Å². The summed E-state index contributed by atoms with van der Waals surface area (Å²) in [7, 11) is 0. The van der Waals surface area contributed by atoms with E-state index < -0.39 is 17.5 Å². The molecule has 1 aromatic rings. The summed E-state index contributed by atoms with van der Waals surface area (Å²) in [6, 6.07) is 1.44. The topological polar surface area (TPSA) is 32.9 Å². The molecule has 1 N–H and O–H groups in total. The number of aromatic nitrogens is 1. The van der Waals surface area contributed by atoms with E-state index in [1.807, 2.05) is 22.6 Å². The third kappa shape index (κ3) is 2.40. The molecule has 1 aromatic heterocycles. The van der Waals surface area contributed by atoms with Gasteiger partial charge in [-0.25, -0.2) is 8.78 Å². The van der Waals surface area contributed by atoms with Crippen molar-refractivity contribution in [1.29, 1.82) is 0 Å². The maximum Gasteiger partial charge on any atom is 0.269 e. The van der Waals surface area contributed by atoms with Crippen molar-refractivity contribution in [1.82, 2.24) is 4.98 Å². The van der Waals surface area contributed by atoms with Crippen molar-refractivity contribution in [3.63, 3.8) is 0 Å². The van der Waals surface area contributed by atoms with Crippen LogP contribution in [-0.4, -0.2) is 4.98 Å². The summed E-state index contributed by atoms with van der Waals surface area (Å²) in [5.41, 5.74) is -1.11. The number of aromatic amines is 1. The van der Waals surface area contributed by atoms with Gasteiger partial charge >= 0.3 is 0 Å². The van der Waals surface area contributed by atoms with Crippen LogP contribution in [0.2, 0.25) is 0 Å². The molecule has 0 saturated heterocycles. The Labute approximate surface area is 91.4 Å². The molecule has 0 spiro atoms. The molecule has 0 aromatic carbocycles. The fourth-order valence-electron chi connectivity index (χ4n) is 0.938. The van der Waals surface area contributed by atoms with Crippen LogP contribution in [0.3, 0.4) is 0 Å². The van der Waals surface area contributed by atoms with Gasteiger partial charge in [0.15, 0.2) is 0 Å². The first-order valence-corrected chi connectivity index (χ1v) is 4.93. The molecule has 2 nitrogen and oxygen atoms in total. The minimum atomic E-state index is -2.78. The number of hydrogen-bond donors (Lipinski definition) is 1. The molecular formula is C7H5ClF2INO.